The Labute approximate surface area is 60.8 Å². The number of hydrogen-bond donors (Lipinski definition) is 0. The van der Waals surface area contributed by atoms with Crippen LogP contribution in [0.1, 0.15) is 0 Å². The Morgan fingerprint density at radius 2 is 1.00 bits per heavy atom. The molecule has 28 valence electrons. The van der Waals surface area contributed by atoms with Crippen LogP contribution in [0.5, 0.6) is 0 Å². The summed E-state index contributed by atoms with van der Waals surface area (Å²) in [6.07, 6.45) is 0. The van der Waals surface area contributed by atoms with Crippen molar-refractivity contribution in [3.05, 3.63) is 7.43 Å². The van der Waals surface area contributed by atoms with Crippen molar-refractivity contribution in [1.82, 2.24) is 0 Å². The summed E-state index contributed by atoms with van der Waals surface area (Å²) >= 11 is 0. The molecule has 0 aliphatic heterocycles. The molecule has 0 aromatic rings. The average Bonchev–Trinajstić information content (AvgIpc) is 0. The molecule has 0 aliphatic carbocycles. The van der Waals surface area contributed by atoms with Gasteiger partial charge in [0, 0.05) is 60.7 Å². The molecule has 0 amide bonds. The first-order chi connectivity index (χ1) is 0. The van der Waals surface area contributed by atoms with E-state index in [2.05, 4.69) is 0 Å². The first-order valence-corrected chi connectivity index (χ1v) is 0. The standard InChI is InChI=1S/C.B.Co.Fe.Si. The smallest absolute Gasteiger partial charge is 0 e. The van der Waals surface area contributed by atoms with Crippen LogP contribution in [0.4, 0.5) is 0 Å². The summed E-state index contributed by atoms with van der Waals surface area (Å²) in [7, 11) is 0. The van der Waals surface area contributed by atoms with Crippen molar-refractivity contribution in [3.63, 3.8) is 0 Å². The normalized spacial score (nSPS) is 0. The maximum atomic E-state index is 0. The average molecular weight is 166 g/mol. The van der Waals surface area contributed by atoms with Gasteiger partial charge in [-0.05, 0) is 0 Å². The zero-order valence-corrected chi connectivity index (χ0v) is 5.41. The van der Waals surface area contributed by atoms with Crippen LogP contribution in [0.15, 0.2) is 0 Å². The Morgan fingerprint density at radius 3 is 1.00 bits per heavy atom. The van der Waals surface area contributed by atoms with Gasteiger partial charge in [0.15, 0.2) is 0 Å². The maximum absolute atomic E-state index is 0. The predicted octanol–water partition coefficient (Wildman–Crippen LogP) is -0.685. The number of rotatable bonds is 0. The fourth-order valence-corrected chi connectivity index (χ4v) is 0. The molecule has 0 aromatic carbocycles. The fourth-order valence-electron chi connectivity index (χ4n) is 0. The zero-order chi connectivity index (χ0) is 0. The van der Waals surface area contributed by atoms with E-state index in [4.69, 9.17) is 0 Å². The van der Waals surface area contributed by atoms with Crippen molar-refractivity contribution < 1.29 is 33.8 Å². The van der Waals surface area contributed by atoms with E-state index in [1.807, 2.05) is 0 Å². The van der Waals surface area contributed by atoms with Crippen molar-refractivity contribution in [2.45, 2.75) is 0 Å². The third-order valence-electron chi connectivity index (χ3n) is 0. The van der Waals surface area contributed by atoms with Crippen LogP contribution in [0.25, 0.3) is 0 Å². The molecule has 0 unspecified atom stereocenters. The molecule has 0 bridgehead atoms. The summed E-state index contributed by atoms with van der Waals surface area (Å²) in [5.41, 5.74) is 0. The molecule has 5 heavy (non-hydrogen) atoms. The molecule has 0 fully saturated rings. The first-order valence-electron chi connectivity index (χ1n) is 0. The van der Waals surface area contributed by atoms with E-state index < -0.39 is 0 Å². The van der Waals surface area contributed by atoms with Gasteiger partial charge in [-0.1, -0.05) is 0 Å². The van der Waals surface area contributed by atoms with Gasteiger partial charge in [0.1, 0.15) is 0 Å². The molecule has 0 aliphatic rings. The quantitative estimate of drug-likeness (QED) is 0.417. The van der Waals surface area contributed by atoms with Gasteiger partial charge in [0.25, 0.3) is 0 Å². The fraction of sp³-hybridized carbons (Fsp3) is 0. The largest absolute Gasteiger partial charge is 0 e. The third kappa shape index (κ3) is 34.0. The van der Waals surface area contributed by atoms with E-state index in [0.717, 1.165) is 0 Å². The van der Waals surface area contributed by atoms with Gasteiger partial charge in [0.05, 0.1) is 0 Å². The van der Waals surface area contributed by atoms with Gasteiger partial charge < -0.3 is 0 Å². The van der Waals surface area contributed by atoms with Gasteiger partial charge in [-0.25, -0.2) is 0 Å². The van der Waals surface area contributed by atoms with Crippen molar-refractivity contribution >= 4 is 19.4 Å². The van der Waals surface area contributed by atoms with Crippen LogP contribution in [-0.2, 0) is 33.8 Å². The molecule has 0 saturated carbocycles. The minimum absolute atomic E-state index is 0. The van der Waals surface area contributed by atoms with Crippen LogP contribution in [0.2, 0.25) is 0 Å². The van der Waals surface area contributed by atoms with Gasteiger partial charge in [-0.15, -0.1) is 0 Å². The minimum atomic E-state index is 0. The second-order valence-corrected chi connectivity index (χ2v) is 0. The second kappa shape index (κ2) is 57.6. The zero-order valence-electron chi connectivity index (χ0n) is 2.26. The van der Waals surface area contributed by atoms with Crippen LogP contribution < -0.4 is 0 Å². The summed E-state index contributed by atoms with van der Waals surface area (Å²) in [6, 6.07) is 0. The van der Waals surface area contributed by atoms with Crippen LogP contribution in [-0.4, -0.2) is 19.4 Å². The van der Waals surface area contributed by atoms with E-state index in [9.17, 15) is 0 Å². The first kappa shape index (κ1) is 104. The van der Waals surface area contributed by atoms with Gasteiger partial charge >= 0.3 is 0 Å². The third-order valence-corrected chi connectivity index (χ3v) is 0. The van der Waals surface area contributed by atoms with Crippen molar-refractivity contribution in [1.29, 1.82) is 0 Å². The van der Waals surface area contributed by atoms with E-state index in [1.54, 1.807) is 0 Å². The van der Waals surface area contributed by atoms with Crippen LogP contribution in [0, 0.1) is 7.43 Å². The Balaban J connectivity index is 0. The summed E-state index contributed by atoms with van der Waals surface area (Å²) in [5, 5.41) is 0. The Hall–Kier alpha value is 1.31. The molecular formula is CBCoFeSi. The molecule has 0 rings (SSSR count). The van der Waals surface area contributed by atoms with E-state index in [-0.39, 0.29) is 60.7 Å². The van der Waals surface area contributed by atoms with E-state index >= 15 is 0 Å². The molecule has 0 saturated heterocycles. The predicted molar refractivity (Wildman–Crippen MR) is 14.8 cm³/mol. The Morgan fingerprint density at radius 1 is 1.00 bits per heavy atom. The SMILES string of the molecule is [B].[C].[Co].[Fe].[Si]. The molecule has 0 N–H and O–H groups in total. The summed E-state index contributed by atoms with van der Waals surface area (Å²) in [4.78, 5) is 0. The van der Waals surface area contributed by atoms with Gasteiger partial charge in [0.2, 0.25) is 0 Å². The summed E-state index contributed by atoms with van der Waals surface area (Å²) in [5.74, 6) is 0. The molecule has 0 nitrogen and oxygen atoms in total. The molecular weight excluding hydrogens is 166 g/mol. The van der Waals surface area contributed by atoms with E-state index in [0.29, 0.717) is 0 Å². The van der Waals surface area contributed by atoms with Crippen LogP contribution in [0.3, 0.4) is 0 Å². The molecule has 12 radical (unpaired) electrons. The van der Waals surface area contributed by atoms with Crippen molar-refractivity contribution in [2.24, 2.45) is 0 Å². The summed E-state index contributed by atoms with van der Waals surface area (Å²) in [6.45, 7) is 0. The van der Waals surface area contributed by atoms with Gasteiger partial charge in [-0.3, -0.25) is 0 Å². The van der Waals surface area contributed by atoms with Crippen molar-refractivity contribution in [2.75, 3.05) is 0 Å². The monoisotopic (exact) mass is 166 g/mol. The molecule has 0 heterocycles. The number of hydrogen-bond acceptors (Lipinski definition) is 0. The van der Waals surface area contributed by atoms with Gasteiger partial charge in [-0.2, -0.15) is 0 Å². The second-order valence-electron chi connectivity index (χ2n) is 0. The molecule has 0 spiro atoms. The Bertz CT molecular complexity index is 11.6. The minimum Gasteiger partial charge on any atom is 0 e. The maximum Gasteiger partial charge on any atom is 0 e. The topological polar surface area (TPSA) is 0 Å². The van der Waals surface area contributed by atoms with Crippen molar-refractivity contribution in [3.8, 4) is 0 Å². The molecule has 0 atom stereocenters. The Kier molecular flexibility index (Phi) is 1200. The molecule has 0 aromatic heterocycles. The van der Waals surface area contributed by atoms with E-state index in [1.165, 1.54) is 0 Å². The summed E-state index contributed by atoms with van der Waals surface area (Å²) < 4.78 is 0. The van der Waals surface area contributed by atoms with Crippen LogP contribution >= 0.6 is 0 Å². The molecule has 4 heteroatoms.